The van der Waals surface area contributed by atoms with Crippen LogP contribution in [0.4, 0.5) is 10.1 Å². The van der Waals surface area contributed by atoms with Gasteiger partial charge in [0.25, 0.3) is 0 Å². The van der Waals surface area contributed by atoms with E-state index < -0.39 is 11.7 Å². The van der Waals surface area contributed by atoms with Crippen molar-refractivity contribution in [1.29, 1.82) is 0 Å². The summed E-state index contributed by atoms with van der Waals surface area (Å²) >= 11 is 1.71. The molecule has 1 N–H and O–H groups in total. The Kier molecular flexibility index (Phi) is 5.19. The fraction of sp³-hybridized carbons (Fsp3) is 0.348. The Bertz CT molecular complexity index is 1120. The molecule has 2 aliphatic heterocycles. The molecule has 2 aromatic carbocycles. The van der Waals surface area contributed by atoms with E-state index >= 15 is 0 Å². The zero-order chi connectivity index (χ0) is 21.5. The highest BCUT2D eigenvalue weighted by molar-refractivity contribution is 7.18. The third-order valence-corrected chi connectivity index (χ3v) is 7.40. The van der Waals surface area contributed by atoms with E-state index in [1.165, 1.54) is 16.8 Å². The van der Waals surface area contributed by atoms with E-state index in [1.54, 1.807) is 17.4 Å². The molecular weight excluding hydrogens is 415 g/mol. The third-order valence-electron chi connectivity index (χ3n) is 6.19. The molecule has 1 fully saturated rings. The molecule has 3 aromatic rings. The lowest BCUT2D eigenvalue weighted by Gasteiger charge is -2.39. The molecule has 8 heteroatoms. The first-order valence-corrected chi connectivity index (χ1v) is 11.3. The SMILES string of the molecule is C[C@@H](c1nc2ccccc2s1)N1CCN(C(=O)[C@@H]2CC(=O)Nc3cc(F)ccc32)CC1. The molecule has 0 aliphatic carbocycles. The maximum Gasteiger partial charge on any atom is 0.230 e. The lowest BCUT2D eigenvalue weighted by molar-refractivity contribution is -0.136. The van der Waals surface area contributed by atoms with Gasteiger partial charge in [0.2, 0.25) is 11.8 Å². The number of thiazole rings is 1. The van der Waals surface area contributed by atoms with Crippen LogP contribution in [0.15, 0.2) is 42.5 Å². The van der Waals surface area contributed by atoms with Crippen molar-refractivity contribution in [2.75, 3.05) is 31.5 Å². The van der Waals surface area contributed by atoms with E-state index in [0.29, 0.717) is 24.3 Å². The monoisotopic (exact) mass is 438 g/mol. The van der Waals surface area contributed by atoms with E-state index in [2.05, 4.69) is 23.2 Å². The van der Waals surface area contributed by atoms with Gasteiger partial charge in [-0.25, -0.2) is 9.37 Å². The molecule has 0 bridgehead atoms. The van der Waals surface area contributed by atoms with Crippen LogP contribution in [-0.4, -0.2) is 52.8 Å². The van der Waals surface area contributed by atoms with Gasteiger partial charge in [0, 0.05) is 38.3 Å². The first-order valence-electron chi connectivity index (χ1n) is 10.5. The van der Waals surface area contributed by atoms with Gasteiger partial charge in [-0.1, -0.05) is 18.2 Å². The Morgan fingerprint density at radius 1 is 1.19 bits per heavy atom. The molecule has 0 radical (unpaired) electrons. The summed E-state index contributed by atoms with van der Waals surface area (Å²) in [6.45, 7) is 4.85. The van der Waals surface area contributed by atoms with Crippen molar-refractivity contribution in [3.8, 4) is 0 Å². The molecule has 160 valence electrons. The van der Waals surface area contributed by atoms with Crippen molar-refractivity contribution in [3.05, 3.63) is 58.9 Å². The van der Waals surface area contributed by atoms with Crippen LogP contribution in [0.1, 0.15) is 35.9 Å². The normalized spacial score (nSPS) is 20.4. The van der Waals surface area contributed by atoms with Crippen LogP contribution in [0.2, 0.25) is 0 Å². The number of hydrogen-bond acceptors (Lipinski definition) is 5. The number of hydrogen-bond donors (Lipinski definition) is 1. The van der Waals surface area contributed by atoms with Crippen LogP contribution in [0.5, 0.6) is 0 Å². The van der Waals surface area contributed by atoms with Gasteiger partial charge in [-0.15, -0.1) is 11.3 Å². The molecule has 0 unspecified atom stereocenters. The van der Waals surface area contributed by atoms with Gasteiger partial charge in [0.15, 0.2) is 0 Å². The van der Waals surface area contributed by atoms with Gasteiger partial charge in [-0.2, -0.15) is 0 Å². The molecule has 3 heterocycles. The largest absolute Gasteiger partial charge is 0.340 e. The second-order valence-corrected chi connectivity index (χ2v) is 9.16. The number of halogens is 1. The van der Waals surface area contributed by atoms with Crippen molar-refractivity contribution < 1.29 is 14.0 Å². The third kappa shape index (κ3) is 3.81. The van der Waals surface area contributed by atoms with Crippen LogP contribution in [-0.2, 0) is 9.59 Å². The first-order chi connectivity index (χ1) is 15.0. The minimum absolute atomic E-state index is 0.0602. The first kappa shape index (κ1) is 20.1. The van der Waals surface area contributed by atoms with Crippen molar-refractivity contribution in [3.63, 3.8) is 0 Å². The van der Waals surface area contributed by atoms with E-state index in [4.69, 9.17) is 4.98 Å². The van der Waals surface area contributed by atoms with Crippen molar-refractivity contribution in [2.24, 2.45) is 0 Å². The number of fused-ring (bicyclic) bond motifs is 2. The van der Waals surface area contributed by atoms with Gasteiger partial charge in [-0.3, -0.25) is 14.5 Å². The van der Waals surface area contributed by atoms with Gasteiger partial charge < -0.3 is 10.2 Å². The predicted octanol–water partition coefficient (Wildman–Crippen LogP) is 3.77. The molecular formula is C23H23FN4O2S. The van der Waals surface area contributed by atoms with Crippen molar-refractivity contribution >= 4 is 39.1 Å². The average molecular weight is 439 g/mol. The number of nitrogens with zero attached hydrogens (tertiary/aromatic N) is 3. The topological polar surface area (TPSA) is 65.5 Å². The number of carbonyl (C=O) groups is 2. The molecule has 2 atom stereocenters. The zero-order valence-electron chi connectivity index (χ0n) is 17.2. The summed E-state index contributed by atoms with van der Waals surface area (Å²) in [5.74, 6) is -1.29. The van der Waals surface area contributed by atoms with E-state index in [0.717, 1.165) is 23.6 Å². The predicted molar refractivity (Wildman–Crippen MR) is 119 cm³/mol. The minimum Gasteiger partial charge on any atom is -0.340 e. The molecule has 2 amide bonds. The number of piperazine rings is 1. The van der Waals surface area contributed by atoms with Gasteiger partial charge in [-0.05, 0) is 36.8 Å². The van der Waals surface area contributed by atoms with Crippen LogP contribution in [0, 0.1) is 5.82 Å². The Balaban J connectivity index is 1.27. The standard InChI is InChI=1S/C23H23FN4O2S/c1-14(22-26-18-4-2-3-5-20(18)31-22)27-8-10-28(11-9-27)23(30)17-13-21(29)25-19-12-15(24)6-7-16(17)19/h2-7,12,14,17H,8-11,13H2,1H3,(H,25,29)/t14-,17+/m0/s1. The van der Waals surface area contributed by atoms with E-state index in [9.17, 15) is 14.0 Å². The van der Waals surface area contributed by atoms with Gasteiger partial charge in [0.05, 0.1) is 22.2 Å². The fourth-order valence-electron chi connectivity index (χ4n) is 4.43. The van der Waals surface area contributed by atoms with Crippen LogP contribution in [0.3, 0.4) is 0 Å². The van der Waals surface area contributed by atoms with Gasteiger partial charge in [0.1, 0.15) is 10.8 Å². The van der Waals surface area contributed by atoms with E-state index in [1.807, 2.05) is 23.1 Å². The summed E-state index contributed by atoms with van der Waals surface area (Å²) in [6.07, 6.45) is 0.0970. The second kappa shape index (κ2) is 8.01. The fourth-order valence-corrected chi connectivity index (χ4v) is 5.49. The molecule has 5 rings (SSSR count). The second-order valence-electron chi connectivity index (χ2n) is 8.09. The lowest BCUT2D eigenvalue weighted by atomic mass is 9.89. The summed E-state index contributed by atoms with van der Waals surface area (Å²) in [5, 5.41) is 3.76. The average Bonchev–Trinajstić information content (AvgIpc) is 3.21. The number of para-hydroxylation sites is 1. The summed E-state index contributed by atoms with van der Waals surface area (Å²) in [4.78, 5) is 34.3. The Morgan fingerprint density at radius 2 is 1.97 bits per heavy atom. The minimum atomic E-state index is -0.558. The number of carbonyl (C=O) groups excluding carboxylic acids is 2. The molecule has 1 aromatic heterocycles. The molecule has 1 saturated heterocycles. The quantitative estimate of drug-likeness (QED) is 0.676. The van der Waals surface area contributed by atoms with E-state index in [-0.39, 0.29) is 24.3 Å². The maximum atomic E-state index is 13.6. The number of anilines is 1. The number of benzene rings is 2. The number of rotatable bonds is 3. The number of nitrogens with one attached hydrogen (secondary N) is 1. The summed E-state index contributed by atoms with van der Waals surface area (Å²) in [5.41, 5.74) is 2.11. The molecule has 6 nitrogen and oxygen atoms in total. The molecule has 2 aliphatic rings. The van der Waals surface area contributed by atoms with Crippen LogP contribution in [0.25, 0.3) is 10.2 Å². The molecule has 0 saturated carbocycles. The maximum absolute atomic E-state index is 13.6. The Morgan fingerprint density at radius 3 is 2.74 bits per heavy atom. The summed E-state index contributed by atoms with van der Waals surface area (Å²) in [6, 6.07) is 12.6. The highest BCUT2D eigenvalue weighted by Gasteiger charge is 2.35. The highest BCUT2D eigenvalue weighted by Crippen LogP contribution is 2.35. The van der Waals surface area contributed by atoms with Crippen LogP contribution >= 0.6 is 11.3 Å². The summed E-state index contributed by atoms with van der Waals surface area (Å²) < 4.78 is 14.8. The Labute approximate surface area is 183 Å². The van der Waals surface area contributed by atoms with Crippen molar-refractivity contribution in [2.45, 2.75) is 25.3 Å². The highest BCUT2D eigenvalue weighted by atomic mass is 32.1. The number of aromatic nitrogens is 1. The van der Waals surface area contributed by atoms with Crippen LogP contribution < -0.4 is 5.32 Å². The summed E-state index contributed by atoms with van der Waals surface area (Å²) in [7, 11) is 0. The van der Waals surface area contributed by atoms with Gasteiger partial charge >= 0.3 is 0 Å². The lowest BCUT2D eigenvalue weighted by Crippen LogP contribution is -2.51. The number of amides is 2. The van der Waals surface area contributed by atoms with Crippen molar-refractivity contribution in [1.82, 2.24) is 14.8 Å². The Hall–Kier alpha value is -2.84. The zero-order valence-corrected chi connectivity index (χ0v) is 18.0. The smallest absolute Gasteiger partial charge is 0.230 e. The molecule has 31 heavy (non-hydrogen) atoms. The molecule has 0 spiro atoms.